The van der Waals surface area contributed by atoms with Gasteiger partial charge in [0.2, 0.25) is 5.91 Å². The average Bonchev–Trinajstić information content (AvgIpc) is 2.97. The molecule has 2 N–H and O–H groups in total. The van der Waals surface area contributed by atoms with Crippen LogP contribution in [0, 0.1) is 5.92 Å². The number of carbonyl (C=O) groups is 1. The van der Waals surface area contributed by atoms with E-state index in [-0.39, 0.29) is 5.91 Å². The molecule has 1 atom stereocenters. The fourth-order valence-corrected chi connectivity index (χ4v) is 5.88. The fraction of sp³-hybridized carbons (Fsp3) is 0.667. The molecule has 6 nitrogen and oxygen atoms in total. The minimum absolute atomic E-state index is 0.0710. The Hall–Kier alpha value is -0.960. The van der Waals surface area contributed by atoms with Gasteiger partial charge in [-0.25, -0.2) is 8.42 Å². The third-order valence-corrected chi connectivity index (χ3v) is 7.43. The zero-order valence-electron chi connectivity index (χ0n) is 13.7. The second kappa shape index (κ2) is 8.23. The zero-order chi connectivity index (χ0) is 16.9. The Bertz CT molecular complexity index is 626. The Morgan fingerprint density at radius 2 is 2.22 bits per heavy atom. The molecule has 1 saturated heterocycles. The Balaban J connectivity index is 2.01. The van der Waals surface area contributed by atoms with Gasteiger partial charge in [-0.3, -0.25) is 4.79 Å². The summed E-state index contributed by atoms with van der Waals surface area (Å²) in [5, 5.41) is 5.86. The normalized spacial score (nSPS) is 19.7. The molecule has 1 aliphatic heterocycles. The van der Waals surface area contributed by atoms with Crippen molar-refractivity contribution in [3.63, 3.8) is 0 Å². The third kappa shape index (κ3) is 5.00. The first-order valence-corrected chi connectivity index (χ1v) is 10.2. The number of thiophene rings is 1. The molecule has 1 unspecified atom stereocenters. The summed E-state index contributed by atoms with van der Waals surface area (Å²) >= 11 is 1.30. The second-order valence-corrected chi connectivity index (χ2v) is 9.22. The van der Waals surface area contributed by atoms with Crippen LogP contribution in [-0.2, 0) is 21.2 Å². The summed E-state index contributed by atoms with van der Waals surface area (Å²) in [6.07, 6.45) is 2.63. The largest absolute Gasteiger partial charge is 0.356 e. The smallest absolute Gasteiger partial charge is 0.252 e. The maximum Gasteiger partial charge on any atom is 0.252 e. The zero-order valence-corrected chi connectivity index (χ0v) is 15.3. The molecule has 2 heterocycles. The van der Waals surface area contributed by atoms with Gasteiger partial charge in [0.1, 0.15) is 4.21 Å². The lowest BCUT2D eigenvalue weighted by Gasteiger charge is -2.31. The molecule has 23 heavy (non-hydrogen) atoms. The van der Waals surface area contributed by atoms with Crippen molar-refractivity contribution >= 4 is 27.3 Å². The molecule has 0 aromatic carbocycles. The van der Waals surface area contributed by atoms with Gasteiger partial charge in [-0.2, -0.15) is 4.31 Å². The highest BCUT2D eigenvalue weighted by molar-refractivity contribution is 7.91. The first-order chi connectivity index (χ1) is 10.9. The van der Waals surface area contributed by atoms with Crippen molar-refractivity contribution in [2.24, 2.45) is 5.92 Å². The lowest BCUT2D eigenvalue weighted by molar-refractivity contribution is -0.118. The van der Waals surface area contributed by atoms with Crippen LogP contribution in [-0.4, -0.2) is 51.9 Å². The van der Waals surface area contributed by atoms with Crippen LogP contribution in [0.25, 0.3) is 0 Å². The third-order valence-electron chi connectivity index (χ3n) is 3.95. The molecule has 2 rings (SSSR count). The molecule has 1 aliphatic rings. The quantitative estimate of drug-likeness (QED) is 0.763. The number of carbonyl (C=O) groups excluding carboxylic acids is 1. The molecule has 0 bridgehead atoms. The number of sulfonamides is 1. The van der Waals surface area contributed by atoms with Crippen LogP contribution in [0.1, 0.15) is 24.6 Å². The molecule has 1 aromatic heterocycles. The van der Waals surface area contributed by atoms with Crippen molar-refractivity contribution in [3.05, 3.63) is 17.0 Å². The highest BCUT2D eigenvalue weighted by atomic mass is 32.2. The van der Waals surface area contributed by atoms with Gasteiger partial charge in [0.15, 0.2) is 0 Å². The minimum Gasteiger partial charge on any atom is -0.356 e. The van der Waals surface area contributed by atoms with Gasteiger partial charge < -0.3 is 10.6 Å². The van der Waals surface area contributed by atoms with Crippen LogP contribution in [0.2, 0.25) is 0 Å². The van der Waals surface area contributed by atoms with Gasteiger partial charge in [0.25, 0.3) is 10.0 Å². The molecule has 0 saturated carbocycles. The summed E-state index contributed by atoms with van der Waals surface area (Å²) in [5.41, 5.74) is 0. The lowest BCUT2D eigenvalue weighted by Crippen LogP contribution is -2.42. The van der Waals surface area contributed by atoms with Crippen molar-refractivity contribution in [1.82, 2.24) is 14.9 Å². The summed E-state index contributed by atoms with van der Waals surface area (Å²) in [7, 11) is -1.50. The predicted molar refractivity (Wildman–Crippen MR) is 92.1 cm³/mol. The van der Waals surface area contributed by atoms with Crippen LogP contribution in [0.15, 0.2) is 16.3 Å². The number of hydrogen-bond donors (Lipinski definition) is 2. The van der Waals surface area contributed by atoms with E-state index in [9.17, 15) is 13.2 Å². The van der Waals surface area contributed by atoms with Crippen molar-refractivity contribution in [2.45, 2.75) is 30.4 Å². The molecule has 1 amide bonds. The van der Waals surface area contributed by atoms with Crippen LogP contribution in [0.4, 0.5) is 0 Å². The average molecular weight is 360 g/mol. The lowest BCUT2D eigenvalue weighted by atomic mass is 10.00. The Morgan fingerprint density at radius 1 is 1.43 bits per heavy atom. The number of nitrogens with zero attached hydrogens (tertiary/aromatic N) is 1. The number of amides is 1. The van der Waals surface area contributed by atoms with Crippen LogP contribution in [0.3, 0.4) is 0 Å². The molecule has 0 aliphatic carbocycles. The maximum atomic E-state index is 12.8. The molecule has 1 fully saturated rings. The SMILES string of the molecule is CNCC1CCCN(S(=O)(=O)c2ccc(CCNC(C)=O)s2)C1. The molecule has 130 valence electrons. The van der Waals surface area contributed by atoms with Gasteiger partial charge in [-0.15, -0.1) is 11.3 Å². The van der Waals surface area contributed by atoms with E-state index in [4.69, 9.17) is 0 Å². The number of nitrogens with one attached hydrogen (secondary N) is 2. The summed E-state index contributed by atoms with van der Waals surface area (Å²) in [6, 6.07) is 3.53. The molecular weight excluding hydrogens is 334 g/mol. The fourth-order valence-electron chi connectivity index (χ4n) is 2.82. The van der Waals surface area contributed by atoms with Gasteiger partial charge in [0.05, 0.1) is 0 Å². The number of hydrogen-bond acceptors (Lipinski definition) is 5. The van der Waals surface area contributed by atoms with Crippen molar-refractivity contribution in [2.75, 3.05) is 33.2 Å². The first kappa shape index (κ1) is 18.4. The van der Waals surface area contributed by atoms with Crippen LogP contribution < -0.4 is 10.6 Å². The predicted octanol–water partition coefficient (Wildman–Crippen LogP) is 1.05. The van der Waals surface area contributed by atoms with Gasteiger partial charge >= 0.3 is 0 Å². The molecule has 8 heteroatoms. The van der Waals surface area contributed by atoms with E-state index in [0.29, 0.717) is 36.2 Å². The van der Waals surface area contributed by atoms with Gasteiger partial charge in [-0.05, 0) is 50.9 Å². The monoisotopic (exact) mass is 359 g/mol. The van der Waals surface area contributed by atoms with Gasteiger partial charge in [-0.1, -0.05) is 0 Å². The Kier molecular flexibility index (Phi) is 6.58. The summed E-state index contributed by atoms with van der Waals surface area (Å²) < 4.78 is 27.6. The molecular formula is C15H25N3O3S2. The standard InChI is InChI=1S/C15H25N3O3S2/c1-12(19)17-8-7-14-5-6-15(22-14)23(20,21)18-9-3-4-13(11-18)10-16-2/h5-6,13,16H,3-4,7-11H2,1-2H3,(H,17,19). The van der Waals surface area contributed by atoms with Crippen LogP contribution >= 0.6 is 11.3 Å². The van der Waals surface area contributed by atoms with Crippen molar-refractivity contribution < 1.29 is 13.2 Å². The Morgan fingerprint density at radius 3 is 2.91 bits per heavy atom. The highest BCUT2D eigenvalue weighted by Gasteiger charge is 2.30. The maximum absolute atomic E-state index is 12.8. The Labute approximate surface area is 142 Å². The van der Waals surface area contributed by atoms with Crippen molar-refractivity contribution in [3.8, 4) is 0 Å². The number of piperidine rings is 1. The number of rotatable bonds is 7. The minimum atomic E-state index is -3.40. The van der Waals surface area contributed by atoms with Crippen LogP contribution in [0.5, 0.6) is 0 Å². The highest BCUT2D eigenvalue weighted by Crippen LogP contribution is 2.28. The van der Waals surface area contributed by atoms with Crippen molar-refractivity contribution in [1.29, 1.82) is 0 Å². The van der Waals surface area contributed by atoms with E-state index >= 15 is 0 Å². The summed E-state index contributed by atoms with van der Waals surface area (Å²) in [4.78, 5) is 11.8. The van der Waals surface area contributed by atoms with E-state index in [0.717, 1.165) is 24.3 Å². The second-order valence-electron chi connectivity index (χ2n) is 5.88. The van der Waals surface area contributed by atoms with E-state index in [1.807, 2.05) is 13.1 Å². The molecule has 0 spiro atoms. The molecule has 0 radical (unpaired) electrons. The van der Waals surface area contributed by atoms with E-state index in [1.54, 1.807) is 10.4 Å². The summed E-state index contributed by atoms with van der Waals surface area (Å²) in [6.45, 7) is 4.04. The van der Waals surface area contributed by atoms with Gasteiger partial charge in [0, 0.05) is 31.4 Å². The topological polar surface area (TPSA) is 78.5 Å². The van der Waals surface area contributed by atoms with E-state index in [2.05, 4.69) is 10.6 Å². The van der Waals surface area contributed by atoms with E-state index < -0.39 is 10.0 Å². The van der Waals surface area contributed by atoms with E-state index in [1.165, 1.54) is 18.3 Å². The molecule has 1 aromatic rings. The first-order valence-electron chi connectivity index (χ1n) is 7.91. The summed E-state index contributed by atoms with van der Waals surface area (Å²) in [5.74, 6) is 0.306.